The number of fused-ring (bicyclic) bond motifs is 1. The van der Waals surface area contributed by atoms with Crippen LogP contribution in [0.15, 0.2) is 24.3 Å². The van der Waals surface area contributed by atoms with Gasteiger partial charge in [-0.3, -0.25) is 9.69 Å². The van der Waals surface area contributed by atoms with Gasteiger partial charge in [0.1, 0.15) is 18.3 Å². The van der Waals surface area contributed by atoms with Crippen molar-refractivity contribution >= 4 is 5.91 Å². The van der Waals surface area contributed by atoms with Gasteiger partial charge in [0.05, 0.1) is 19.6 Å². The second kappa shape index (κ2) is 7.60. The van der Waals surface area contributed by atoms with Gasteiger partial charge in [-0.1, -0.05) is 12.1 Å². The van der Waals surface area contributed by atoms with Gasteiger partial charge < -0.3 is 14.2 Å². The van der Waals surface area contributed by atoms with Crippen LogP contribution in [0.2, 0.25) is 0 Å². The summed E-state index contributed by atoms with van der Waals surface area (Å²) < 4.78 is 20.9. The lowest BCUT2D eigenvalue weighted by Gasteiger charge is -2.28. The lowest BCUT2D eigenvalue weighted by molar-refractivity contribution is -0.131. The summed E-state index contributed by atoms with van der Waals surface area (Å²) in [5.74, 6) is 1.60. The minimum Gasteiger partial charge on any atom is -0.489 e. The minimum atomic E-state index is -0.399. The van der Waals surface area contributed by atoms with Gasteiger partial charge in [-0.25, -0.2) is 4.39 Å². The number of halogens is 1. The van der Waals surface area contributed by atoms with Crippen molar-refractivity contribution in [3.05, 3.63) is 41.7 Å². The molecule has 1 aliphatic heterocycles. The molecule has 134 valence electrons. The number of para-hydroxylation sites is 1. The summed E-state index contributed by atoms with van der Waals surface area (Å²) in [6, 6.07) is 6.24. The van der Waals surface area contributed by atoms with E-state index in [1.54, 1.807) is 30.1 Å². The highest BCUT2D eigenvalue weighted by Crippen LogP contribution is 2.15. The molecule has 1 aromatic carbocycles. The van der Waals surface area contributed by atoms with Crippen LogP contribution in [-0.4, -0.2) is 63.8 Å². The number of amides is 1. The Morgan fingerprint density at radius 3 is 2.92 bits per heavy atom. The van der Waals surface area contributed by atoms with E-state index in [1.165, 1.54) is 6.07 Å². The highest BCUT2D eigenvalue weighted by Gasteiger charge is 2.22. The SMILES string of the molecule is Cc1nnc2n1CCN(CC(=O)N(C)CCOc1ccccc1F)C2. The third-order valence-corrected chi connectivity index (χ3v) is 4.32. The lowest BCUT2D eigenvalue weighted by atomic mass is 10.3. The first-order valence-electron chi connectivity index (χ1n) is 8.27. The molecule has 1 aromatic heterocycles. The van der Waals surface area contributed by atoms with Crippen LogP contribution in [0.25, 0.3) is 0 Å². The molecule has 1 aliphatic rings. The van der Waals surface area contributed by atoms with Gasteiger partial charge in [0.25, 0.3) is 0 Å². The molecule has 2 heterocycles. The van der Waals surface area contributed by atoms with E-state index in [2.05, 4.69) is 19.7 Å². The van der Waals surface area contributed by atoms with E-state index in [-0.39, 0.29) is 18.3 Å². The van der Waals surface area contributed by atoms with Crippen molar-refractivity contribution in [2.75, 3.05) is 33.3 Å². The molecule has 0 unspecified atom stereocenters. The molecule has 0 radical (unpaired) electrons. The zero-order valence-electron chi connectivity index (χ0n) is 14.5. The second-order valence-electron chi connectivity index (χ2n) is 6.12. The number of hydrogen-bond donors (Lipinski definition) is 0. The number of likely N-dealkylation sites (N-methyl/N-ethyl adjacent to an activating group) is 1. The predicted octanol–water partition coefficient (Wildman–Crippen LogP) is 1.08. The van der Waals surface area contributed by atoms with Crippen molar-refractivity contribution in [1.82, 2.24) is 24.6 Å². The average molecular weight is 347 g/mol. The van der Waals surface area contributed by atoms with Gasteiger partial charge in [-0.2, -0.15) is 0 Å². The topological polar surface area (TPSA) is 63.5 Å². The maximum Gasteiger partial charge on any atom is 0.236 e. The highest BCUT2D eigenvalue weighted by atomic mass is 19.1. The molecule has 0 spiro atoms. The van der Waals surface area contributed by atoms with Crippen LogP contribution in [0.3, 0.4) is 0 Å². The Bertz CT molecular complexity index is 748. The molecular formula is C17H22FN5O2. The van der Waals surface area contributed by atoms with Crippen molar-refractivity contribution in [2.45, 2.75) is 20.0 Å². The maximum atomic E-state index is 13.5. The largest absolute Gasteiger partial charge is 0.489 e. The minimum absolute atomic E-state index is 0.00169. The Kier molecular flexibility index (Phi) is 5.28. The molecule has 0 saturated heterocycles. The van der Waals surface area contributed by atoms with Crippen LogP contribution < -0.4 is 4.74 Å². The van der Waals surface area contributed by atoms with Gasteiger partial charge in [-0.05, 0) is 19.1 Å². The fourth-order valence-electron chi connectivity index (χ4n) is 2.78. The van der Waals surface area contributed by atoms with E-state index in [9.17, 15) is 9.18 Å². The molecule has 0 bridgehead atoms. The number of ether oxygens (including phenoxy) is 1. The number of hydrogen-bond acceptors (Lipinski definition) is 5. The number of nitrogens with zero attached hydrogens (tertiary/aromatic N) is 5. The Labute approximate surface area is 146 Å². The third-order valence-electron chi connectivity index (χ3n) is 4.32. The molecule has 0 fully saturated rings. The van der Waals surface area contributed by atoms with Gasteiger partial charge >= 0.3 is 0 Å². The summed E-state index contributed by atoms with van der Waals surface area (Å²) in [7, 11) is 1.73. The van der Waals surface area contributed by atoms with Crippen molar-refractivity contribution < 1.29 is 13.9 Å². The Morgan fingerprint density at radius 1 is 1.32 bits per heavy atom. The van der Waals surface area contributed by atoms with Gasteiger partial charge in [0, 0.05) is 20.1 Å². The maximum absolute atomic E-state index is 13.5. The zero-order chi connectivity index (χ0) is 17.8. The van der Waals surface area contributed by atoms with Crippen LogP contribution in [0.5, 0.6) is 5.75 Å². The predicted molar refractivity (Wildman–Crippen MR) is 89.6 cm³/mol. The first-order chi connectivity index (χ1) is 12.0. The summed E-state index contributed by atoms with van der Waals surface area (Å²) in [6.07, 6.45) is 0. The number of aromatic nitrogens is 3. The van der Waals surface area contributed by atoms with Crippen LogP contribution >= 0.6 is 0 Å². The van der Waals surface area contributed by atoms with Crippen molar-refractivity contribution in [3.8, 4) is 5.75 Å². The fraction of sp³-hybridized carbons (Fsp3) is 0.471. The molecule has 7 nitrogen and oxygen atoms in total. The Morgan fingerprint density at radius 2 is 2.12 bits per heavy atom. The molecule has 0 atom stereocenters. The molecule has 25 heavy (non-hydrogen) atoms. The van der Waals surface area contributed by atoms with Gasteiger partial charge in [0.2, 0.25) is 5.91 Å². The molecule has 2 aromatic rings. The Hall–Kier alpha value is -2.48. The first kappa shape index (κ1) is 17.3. The van der Waals surface area contributed by atoms with Crippen LogP contribution in [0, 0.1) is 12.7 Å². The smallest absolute Gasteiger partial charge is 0.236 e. The highest BCUT2D eigenvalue weighted by molar-refractivity contribution is 5.78. The van der Waals surface area contributed by atoms with Gasteiger partial charge in [0.15, 0.2) is 11.6 Å². The number of benzene rings is 1. The van der Waals surface area contributed by atoms with E-state index < -0.39 is 5.82 Å². The summed E-state index contributed by atoms with van der Waals surface area (Å²) in [5.41, 5.74) is 0. The van der Waals surface area contributed by atoms with Gasteiger partial charge in [-0.15, -0.1) is 10.2 Å². The monoisotopic (exact) mass is 347 g/mol. The van der Waals surface area contributed by atoms with E-state index in [4.69, 9.17) is 4.74 Å². The average Bonchev–Trinajstić information content (AvgIpc) is 2.97. The molecule has 0 N–H and O–H groups in total. The number of aryl methyl sites for hydroxylation is 1. The molecule has 0 saturated carbocycles. The van der Waals surface area contributed by atoms with E-state index in [1.807, 2.05) is 6.92 Å². The summed E-state index contributed by atoms with van der Waals surface area (Å²) in [5, 5.41) is 8.21. The second-order valence-corrected chi connectivity index (χ2v) is 6.12. The molecule has 0 aliphatic carbocycles. The zero-order valence-corrected chi connectivity index (χ0v) is 14.5. The van der Waals surface area contributed by atoms with E-state index >= 15 is 0 Å². The molecule has 3 rings (SSSR count). The van der Waals surface area contributed by atoms with Crippen LogP contribution in [0.1, 0.15) is 11.6 Å². The molecular weight excluding hydrogens is 325 g/mol. The number of carbonyl (C=O) groups excluding carboxylic acids is 1. The van der Waals surface area contributed by atoms with E-state index in [0.29, 0.717) is 19.6 Å². The fourth-order valence-corrected chi connectivity index (χ4v) is 2.78. The lowest BCUT2D eigenvalue weighted by Crippen LogP contribution is -2.43. The van der Waals surface area contributed by atoms with Crippen molar-refractivity contribution in [2.24, 2.45) is 0 Å². The standard InChI is InChI=1S/C17H22FN5O2/c1-13-19-20-16-11-22(7-8-23(13)16)12-17(24)21(2)9-10-25-15-6-4-3-5-14(15)18/h3-6H,7-12H2,1-2H3. The van der Waals surface area contributed by atoms with Crippen LogP contribution in [0.4, 0.5) is 4.39 Å². The summed E-state index contributed by atoms with van der Waals surface area (Å²) in [6.45, 7) is 5.10. The summed E-state index contributed by atoms with van der Waals surface area (Å²) >= 11 is 0. The normalized spacial score (nSPS) is 14.2. The quantitative estimate of drug-likeness (QED) is 0.782. The number of rotatable bonds is 6. The van der Waals surface area contributed by atoms with Crippen LogP contribution in [-0.2, 0) is 17.9 Å². The molecule has 8 heteroatoms. The van der Waals surface area contributed by atoms with E-state index in [0.717, 1.165) is 24.7 Å². The number of carbonyl (C=O) groups is 1. The van der Waals surface area contributed by atoms with Crippen molar-refractivity contribution in [3.63, 3.8) is 0 Å². The van der Waals surface area contributed by atoms with Crippen molar-refractivity contribution in [1.29, 1.82) is 0 Å². The first-order valence-corrected chi connectivity index (χ1v) is 8.27. The third kappa shape index (κ3) is 4.14. The summed E-state index contributed by atoms with van der Waals surface area (Å²) in [4.78, 5) is 16.0. The Balaban J connectivity index is 1.44. The molecule has 1 amide bonds.